The number of rotatable bonds is 8. The van der Waals surface area contributed by atoms with E-state index in [1.807, 2.05) is 6.92 Å². The lowest BCUT2D eigenvalue weighted by molar-refractivity contribution is -0.136. The van der Waals surface area contributed by atoms with Gasteiger partial charge in [0.1, 0.15) is 0 Å². The summed E-state index contributed by atoms with van der Waals surface area (Å²) in [5.74, 6) is -0.0117. The van der Waals surface area contributed by atoms with Crippen LogP contribution in [0, 0.1) is 5.41 Å². The number of hydrogen-bond donors (Lipinski definition) is 3. The van der Waals surface area contributed by atoms with Gasteiger partial charge >= 0.3 is 0 Å². The summed E-state index contributed by atoms with van der Waals surface area (Å²) in [4.78, 5) is 23.8. The highest BCUT2D eigenvalue weighted by molar-refractivity contribution is 5.83. The van der Waals surface area contributed by atoms with Crippen molar-refractivity contribution < 1.29 is 14.3 Å². The molecular formula is C14H27N3O3. The van der Waals surface area contributed by atoms with Gasteiger partial charge < -0.3 is 20.7 Å². The van der Waals surface area contributed by atoms with Crippen LogP contribution < -0.4 is 16.0 Å². The summed E-state index contributed by atoms with van der Waals surface area (Å²) in [5.41, 5.74) is -0.445. The van der Waals surface area contributed by atoms with Gasteiger partial charge in [-0.15, -0.1) is 0 Å². The fourth-order valence-electron chi connectivity index (χ4n) is 2.45. The largest absolute Gasteiger partial charge is 0.384 e. The molecule has 0 aromatic carbocycles. The number of hydrogen-bond acceptors (Lipinski definition) is 4. The molecule has 1 heterocycles. The summed E-state index contributed by atoms with van der Waals surface area (Å²) in [6, 6.07) is 0. The molecule has 20 heavy (non-hydrogen) atoms. The molecule has 1 rings (SSSR count). The molecule has 1 fully saturated rings. The first-order valence-corrected chi connectivity index (χ1v) is 7.39. The van der Waals surface area contributed by atoms with Crippen molar-refractivity contribution in [2.45, 2.75) is 32.6 Å². The lowest BCUT2D eigenvalue weighted by atomic mass is 9.78. The van der Waals surface area contributed by atoms with E-state index >= 15 is 0 Å². The summed E-state index contributed by atoms with van der Waals surface area (Å²) in [6.07, 6.45) is 2.79. The van der Waals surface area contributed by atoms with Crippen LogP contribution in [0.3, 0.4) is 0 Å². The maximum atomic E-state index is 12.4. The summed E-state index contributed by atoms with van der Waals surface area (Å²) in [6.45, 7) is 5.16. The number of methoxy groups -OCH3 is 1. The zero-order valence-electron chi connectivity index (χ0n) is 12.6. The zero-order valence-corrected chi connectivity index (χ0v) is 12.6. The van der Waals surface area contributed by atoms with E-state index in [0.717, 1.165) is 32.4 Å². The Bertz CT molecular complexity index is 309. The van der Waals surface area contributed by atoms with E-state index in [-0.39, 0.29) is 11.8 Å². The lowest BCUT2D eigenvalue weighted by Crippen LogP contribution is -2.50. The van der Waals surface area contributed by atoms with Crippen LogP contribution in [-0.4, -0.2) is 51.7 Å². The minimum Gasteiger partial charge on any atom is -0.384 e. The lowest BCUT2D eigenvalue weighted by Gasteiger charge is -2.35. The number of ether oxygens (including phenoxy) is 1. The van der Waals surface area contributed by atoms with Crippen LogP contribution in [0.4, 0.5) is 0 Å². The quantitative estimate of drug-likeness (QED) is 0.588. The van der Waals surface area contributed by atoms with Crippen molar-refractivity contribution in [3.05, 3.63) is 0 Å². The average molecular weight is 285 g/mol. The number of piperidine rings is 1. The Morgan fingerprint density at radius 2 is 1.90 bits per heavy atom. The van der Waals surface area contributed by atoms with Crippen molar-refractivity contribution >= 4 is 11.8 Å². The van der Waals surface area contributed by atoms with Crippen LogP contribution in [0.15, 0.2) is 0 Å². The molecule has 1 saturated heterocycles. The Hall–Kier alpha value is -1.14. The Labute approximate surface area is 121 Å². The van der Waals surface area contributed by atoms with Gasteiger partial charge in [-0.05, 0) is 32.4 Å². The molecule has 0 saturated carbocycles. The predicted molar refractivity (Wildman–Crippen MR) is 77.3 cm³/mol. The first-order chi connectivity index (χ1) is 9.64. The van der Waals surface area contributed by atoms with E-state index in [0.29, 0.717) is 26.1 Å². The van der Waals surface area contributed by atoms with E-state index < -0.39 is 5.41 Å². The number of carbonyl (C=O) groups excluding carboxylic acids is 2. The van der Waals surface area contributed by atoms with Gasteiger partial charge in [0.15, 0.2) is 0 Å². The average Bonchev–Trinajstić information content (AvgIpc) is 2.46. The molecule has 1 aliphatic rings. The van der Waals surface area contributed by atoms with Crippen molar-refractivity contribution in [2.24, 2.45) is 5.41 Å². The number of amides is 2. The molecule has 0 unspecified atom stereocenters. The monoisotopic (exact) mass is 285 g/mol. The third kappa shape index (κ3) is 5.09. The van der Waals surface area contributed by atoms with Crippen molar-refractivity contribution in [2.75, 3.05) is 39.9 Å². The van der Waals surface area contributed by atoms with E-state index in [4.69, 9.17) is 4.74 Å². The van der Waals surface area contributed by atoms with Gasteiger partial charge in [0, 0.05) is 26.6 Å². The topological polar surface area (TPSA) is 79.5 Å². The summed E-state index contributed by atoms with van der Waals surface area (Å²) in [7, 11) is 1.62. The molecule has 1 aliphatic heterocycles. The molecule has 6 nitrogen and oxygen atoms in total. The predicted octanol–water partition coefficient (Wildman–Crippen LogP) is 0.0351. The fraction of sp³-hybridized carbons (Fsp3) is 0.857. The Morgan fingerprint density at radius 1 is 1.20 bits per heavy atom. The van der Waals surface area contributed by atoms with Crippen molar-refractivity contribution in [1.82, 2.24) is 16.0 Å². The first-order valence-electron chi connectivity index (χ1n) is 7.39. The first kappa shape index (κ1) is 16.9. The van der Waals surface area contributed by atoms with Crippen LogP contribution in [0.25, 0.3) is 0 Å². The van der Waals surface area contributed by atoms with Crippen molar-refractivity contribution in [1.29, 1.82) is 0 Å². The van der Waals surface area contributed by atoms with Gasteiger partial charge in [0.05, 0.1) is 12.0 Å². The SMILES string of the molecule is CCCNC(=O)CCNC(=O)C1(COC)CCNCC1. The van der Waals surface area contributed by atoms with E-state index in [9.17, 15) is 9.59 Å². The summed E-state index contributed by atoms with van der Waals surface area (Å²) in [5, 5.41) is 8.92. The highest BCUT2D eigenvalue weighted by Crippen LogP contribution is 2.29. The van der Waals surface area contributed by atoms with Crippen molar-refractivity contribution in [3.63, 3.8) is 0 Å². The number of nitrogens with one attached hydrogen (secondary N) is 3. The van der Waals surface area contributed by atoms with Crippen molar-refractivity contribution in [3.8, 4) is 0 Å². The fourth-order valence-corrected chi connectivity index (χ4v) is 2.45. The third-order valence-corrected chi connectivity index (χ3v) is 3.67. The molecule has 0 spiro atoms. The molecule has 0 aliphatic carbocycles. The standard InChI is InChI=1S/C14H27N3O3/c1-3-7-16-12(18)4-8-17-13(19)14(11-20-2)5-9-15-10-6-14/h15H,3-11H2,1-2H3,(H,16,18)(H,17,19). The second kappa shape index (κ2) is 8.92. The molecule has 116 valence electrons. The van der Waals surface area contributed by atoms with Crippen LogP contribution in [-0.2, 0) is 14.3 Å². The number of carbonyl (C=O) groups is 2. The van der Waals surface area contributed by atoms with Crippen LogP contribution in [0.5, 0.6) is 0 Å². The summed E-state index contributed by atoms with van der Waals surface area (Å²) < 4.78 is 5.22. The van der Waals surface area contributed by atoms with E-state index in [1.54, 1.807) is 7.11 Å². The molecule has 0 aromatic heterocycles. The second-order valence-electron chi connectivity index (χ2n) is 5.32. The smallest absolute Gasteiger partial charge is 0.228 e. The van der Waals surface area contributed by atoms with E-state index in [2.05, 4.69) is 16.0 Å². The Morgan fingerprint density at radius 3 is 2.50 bits per heavy atom. The minimum atomic E-state index is -0.445. The van der Waals surface area contributed by atoms with Gasteiger partial charge in [-0.1, -0.05) is 6.92 Å². The maximum absolute atomic E-state index is 12.4. The molecule has 0 radical (unpaired) electrons. The van der Waals surface area contributed by atoms with Crippen LogP contribution >= 0.6 is 0 Å². The second-order valence-corrected chi connectivity index (χ2v) is 5.32. The Kier molecular flexibility index (Phi) is 7.54. The molecule has 0 atom stereocenters. The summed E-state index contributed by atoms with van der Waals surface area (Å²) >= 11 is 0. The molecule has 6 heteroatoms. The van der Waals surface area contributed by atoms with Crippen LogP contribution in [0.2, 0.25) is 0 Å². The molecule has 3 N–H and O–H groups in total. The maximum Gasteiger partial charge on any atom is 0.228 e. The molecule has 0 bridgehead atoms. The Balaban J connectivity index is 2.37. The molecular weight excluding hydrogens is 258 g/mol. The third-order valence-electron chi connectivity index (χ3n) is 3.67. The molecule has 0 aromatic rings. The van der Waals surface area contributed by atoms with Gasteiger partial charge in [-0.3, -0.25) is 9.59 Å². The van der Waals surface area contributed by atoms with Gasteiger partial charge in [-0.2, -0.15) is 0 Å². The van der Waals surface area contributed by atoms with Gasteiger partial charge in [0.25, 0.3) is 0 Å². The normalized spacial score (nSPS) is 17.5. The van der Waals surface area contributed by atoms with Crippen LogP contribution in [0.1, 0.15) is 32.6 Å². The minimum absolute atomic E-state index is 0.00383. The highest BCUT2D eigenvalue weighted by atomic mass is 16.5. The van der Waals surface area contributed by atoms with E-state index in [1.165, 1.54) is 0 Å². The van der Waals surface area contributed by atoms with Gasteiger partial charge in [-0.25, -0.2) is 0 Å². The molecule has 2 amide bonds. The zero-order chi connectivity index (χ0) is 14.8. The van der Waals surface area contributed by atoms with Gasteiger partial charge in [0.2, 0.25) is 11.8 Å². The highest BCUT2D eigenvalue weighted by Gasteiger charge is 2.39.